The molecule has 2 aromatic carbocycles. The highest BCUT2D eigenvalue weighted by Gasteiger charge is 2.26. The minimum atomic E-state index is -0.575. The monoisotopic (exact) mass is 432 g/mol. The van der Waals surface area contributed by atoms with Crippen molar-refractivity contribution in [3.8, 4) is 11.6 Å². The molecule has 0 aliphatic rings. The van der Waals surface area contributed by atoms with Gasteiger partial charge in [-0.25, -0.2) is 0 Å². The van der Waals surface area contributed by atoms with Crippen LogP contribution in [0.25, 0.3) is 11.6 Å². The number of carbonyl (C=O) groups excluding carboxylic acids is 2. The number of nitrogens with zero attached hydrogens (tertiary/aromatic N) is 3. The number of thioether (sulfide) groups is 1. The van der Waals surface area contributed by atoms with Crippen LogP contribution in [-0.2, 0) is 11.8 Å². The van der Waals surface area contributed by atoms with Gasteiger partial charge >= 0.3 is 0 Å². The molecule has 8 heteroatoms. The van der Waals surface area contributed by atoms with Crippen molar-refractivity contribution in [2.75, 3.05) is 5.32 Å². The van der Waals surface area contributed by atoms with Crippen molar-refractivity contribution in [3.05, 3.63) is 84.1 Å². The van der Waals surface area contributed by atoms with Gasteiger partial charge in [-0.2, -0.15) is 0 Å². The summed E-state index contributed by atoms with van der Waals surface area (Å²) in [6.45, 7) is 1.49. The molecule has 1 atom stereocenters. The Balaban J connectivity index is 1.62. The van der Waals surface area contributed by atoms with E-state index in [1.54, 1.807) is 41.2 Å². The maximum atomic E-state index is 13.3. The SMILES string of the molecule is CC(=O)c1cccc(NC(=O)[C@H](Sc2nnc(-c3ccco3)n2C)c2ccccc2)c1. The number of benzene rings is 2. The first-order chi connectivity index (χ1) is 15.0. The number of Topliss-reactive ketones (excluding diaryl/α,β-unsaturated/α-hetero) is 1. The molecule has 4 aromatic rings. The van der Waals surface area contributed by atoms with E-state index in [9.17, 15) is 9.59 Å². The molecule has 4 rings (SSSR count). The van der Waals surface area contributed by atoms with Crippen LogP contribution in [0, 0.1) is 0 Å². The molecule has 0 saturated heterocycles. The van der Waals surface area contributed by atoms with Crippen molar-refractivity contribution < 1.29 is 14.0 Å². The van der Waals surface area contributed by atoms with Gasteiger partial charge in [0.25, 0.3) is 0 Å². The number of hydrogen-bond donors (Lipinski definition) is 1. The number of amides is 1. The summed E-state index contributed by atoms with van der Waals surface area (Å²) in [5, 5.41) is 11.4. The second-order valence-corrected chi connectivity index (χ2v) is 7.95. The second kappa shape index (κ2) is 9.01. The topological polar surface area (TPSA) is 90.0 Å². The predicted molar refractivity (Wildman–Crippen MR) is 119 cm³/mol. The Morgan fingerprint density at radius 3 is 2.55 bits per heavy atom. The van der Waals surface area contributed by atoms with Crippen molar-refractivity contribution in [1.82, 2.24) is 14.8 Å². The van der Waals surface area contributed by atoms with E-state index in [2.05, 4.69) is 15.5 Å². The van der Waals surface area contributed by atoms with Crippen molar-refractivity contribution in [2.45, 2.75) is 17.3 Å². The fourth-order valence-electron chi connectivity index (χ4n) is 3.07. The minimum absolute atomic E-state index is 0.0605. The lowest BCUT2D eigenvalue weighted by atomic mass is 10.1. The summed E-state index contributed by atoms with van der Waals surface area (Å²) in [5.41, 5.74) is 1.93. The molecule has 1 N–H and O–H groups in total. The Morgan fingerprint density at radius 1 is 1.03 bits per heavy atom. The Morgan fingerprint density at radius 2 is 1.84 bits per heavy atom. The van der Waals surface area contributed by atoms with Gasteiger partial charge in [-0.05, 0) is 36.8 Å². The number of furan rings is 1. The third-order valence-electron chi connectivity index (χ3n) is 4.68. The molecule has 0 saturated carbocycles. The molecule has 31 heavy (non-hydrogen) atoms. The van der Waals surface area contributed by atoms with Gasteiger partial charge < -0.3 is 14.3 Å². The fraction of sp³-hybridized carbons (Fsp3) is 0.130. The summed E-state index contributed by atoms with van der Waals surface area (Å²) >= 11 is 1.29. The van der Waals surface area contributed by atoms with E-state index in [1.165, 1.54) is 18.7 Å². The molecule has 0 aliphatic heterocycles. The van der Waals surface area contributed by atoms with E-state index in [0.717, 1.165) is 5.56 Å². The van der Waals surface area contributed by atoms with Crippen LogP contribution in [0.3, 0.4) is 0 Å². The van der Waals surface area contributed by atoms with Crippen molar-refractivity contribution in [3.63, 3.8) is 0 Å². The number of ketones is 1. The maximum Gasteiger partial charge on any atom is 0.242 e. The molecule has 0 bridgehead atoms. The number of aromatic nitrogens is 3. The number of hydrogen-bond acceptors (Lipinski definition) is 6. The van der Waals surface area contributed by atoms with Gasteiger partial charge in [-0.3, -0.25) is 9.59 Å². The summed E-state index contributed by atoms with van der Waals surface area (Å²) in [7, 11) is 1.83. The van der Waals surface area contributed by atoms with Crippen LogP contribution in [0.4, 0.5) is 5.69 Å². The largest absolute Gasteiger partial charge is 0.461 e. The standard InChI is InChI=1S/C23H20N4O3S/c1-15(28)17-10-6-11-18(14-17)24-22(29)20(16-8-4-3-5-9-16)31-23-26-25-21(27(23)2)19-12-7-13-30-19/h3-14,20H,1-2H3,(H,24,29)/t20-/m1/s1. The molecule has 1 amide bonds. The van der Waals surface area contributed by atoms with Crippen LogP contribution in [0.1, 0.15) is 28.1 Å². The molecule has 7 nitrogen and oxygen atoms in total. The van der Waals surface area contributed by atoms with E-state index in [1.807, 2.05) is 43.4 Å². The molecule has 0 unspecified atom stereocenters. The van der Waals surface area contributed by atoms with Gasteiger partial charge in [0.05, 0.1) is 6.26 Å². The van der Waals surface area contributed by atoms with Crippen LogP contribution in [0.15, 0.2) is 82.6 Å². The van der Waals surface area contributed by atoms with E-state index in [4.69, 9.17) is 4.42 Å². The summed E-state index contributed by atoms with van der Waals surface area (Å²) in [6, 6.07) is 19.9. The molecule has 0 fully saturated rings. The first-order valence-electron chi connectivity index (χ1n) is 9.59. The highest BCUT2D eigenvalue weighted by atomic mass is 32.2. The van der Waals surface area contributed by atoms with E-state index < -0.39 is 5.25 Å². The number of carbonyl (C=O) groups is 2. The average molecular weight is 433 g/mol. The third-order valence-corrected chi connectivity index (χ3v) is 5.97. The summed E-state index contributed by atoms with van der Waals surface area (Å²) in [5.74, 6) is 0.895. The first kappa shape index (κ1) is 20.6. The summed E-state index contributed by atoms with van der Waals surface area (Å²) in [6.07, 6.45) is 1.58. The van der Waals surface area contributed by atoms with E-state index >= 15 is 0 Å². The Labute approximate surface area is 183 Å². The lowest BCUT2D eigenvalue weighted by Gasteiger charge is -2.17. The molecular formula is C23H20N4O3S. The zero-order chi connectivity index (χ0) is 21.8. The minimum Gasteiger partial charge on any atom is -0.461 e. The zero-order valence-electron chi connectivity index (χ0n) is 17.0. The third kappa shape index (κ3) is 4.59. The highest BCUT2D eigenvalue weighted by molar-refractivity contribution is 8.00. The normalized spacial score (nSPS) is 11.8. The lowest BCUT2D eigenvalue weighted by Crippen LogP contribution is -2.19. The van der Waals surface area contributed by atoms with Crippen LogP contribution < -0.4 is 5.32 Å². The van der Waals surface area contributed by atoms with Gasteiger partial charge in [0, 0.05) is 18.3 Å². The van der Waals surface area contributed by atoms with Gasteiger partial charge in [-0.15, -0.1) is 10.2 Å². The van der Waals surface area contributed by atoms with E-state index in [-0.39, 0.29) is 11.7 Å². The Kier molecular flexibility index (Phi) is 5.99. The summed E-state index contributed by atoms with van der Waals surface area (Å²) < 4.78 is 7.22. The first-order valence-corrected chi connectivity index (χ1v) is 10.5. The van der Waals surface area contributed by atoms with Crippen LogP contribution in [-0.4, -0.2) is 26.5 Å². The average Bonchev–Trinajstić information content (AvgIpc) is 3.42. The molecule has 156 valence electrons. The number of nitrogens with one attached hydrogen (secondary N) is 1. The van der Waals surface area contributed by atoms with Crippen molar-refractivity contribution >= 4 is 29.1 Å². The lowest BCUT2D eigenvalue weighted by molar-refractivity contribution is -0.115. The molecular weight excluding hydrogens is 412 g/mol. The fourth-order valence-corrected chi connectivity index (χ4v) is 4.07. The van der Waals surface area contributed by atoms with Gasteiger partial charge in [0.15, 0.2) is 22.5 Å². The van der Waals surface area contributed by atoms with Gasteiger partial charge in [0.1, 0.15) is 5.25 Å². The molecule has 0 aliphatic carbocycles. The Hall–Kier alpha value is -3.65. The Bertz CT molecular complexity index is 1200. The molecule has 0 spiro atoms. The number of rotatable bonds is 7. The second-order valence-electron chi connectivity index (χ2n) is 6.88. The van der Waals surface area contributed by atoms with Crippen LogP contribution >= 0.6 is 11.8 Å². The van der Waals surface area contributed by atoms with Gasteiger partial charge in [-0.1, -0.05) is 54.2 Å². The number of anilines is 1. The van der Waals surface area contributed by atoms with E-state index in [0.29, 0.717) is 28.0 Å². The van der Waals surface area contributed by atoms with Gasteiger partial charge in [0.2, 0.25) is 5.91 Å². The van der Waals surface area contributed by atoms with Crippen LogP contribution in [0.5, 0.6) is 0 Å². The zero-order valence-corrected chi connectivity index (χ0v) is 17.8. The molecule has 2 heterocycles. The van der Waals surface area contributed by atoms with Crippen molar-refractivity contribution in [1.29, 1.82) is 0 Å². The molecule has 0 radical (unpaired) electrons. The quantitative estimate of drug-likeness (QED) is 0.335. The highest BCUT2D eigenvalue weighted by Crippen LogP contribution is 2.36. The van der Waals surface area contributed by atoms with Crippen LogP contribution in [0.2, 0.25) is 0 Å². The van der Waals surface area contributed by atoms with Crippen molar-refractivity contribution in [2.24, 2.45) is 7.05 Å². The summed E-state index contributed by atoms with van der Waals surface area (Å²) in [4.78, 5) is 24.9. The predicted octanol–water partition coefficient (Wildman–Crippen LogP) is 4.75. The molecule has 2 aromatic heterocycles. The smallest absolute Gasteiger partial charge is 0.242 e. The maximum absolute atomic E-state index is 13.3.